The van der Waals surface area contributed by atoms with Gasteiger partial charge in [0.25, 0.3) is 0 Å². The summed E-state index contributed by atoms with van der Waals surface area (Å²) in [7, 11) is 0. The molecule has 0 bridgehead atoms. The number of Topliss-reactive ketones (excluding diaryl/α,β-unsaturated/α-hetero) is 1. The topological polar surface area (TPSA) is 37.3 Å². The summed E-state index contributed by atoms with van der Waals surface area (Å²) in [5.74, 6) is 0.390. The van der Waals surface area contributed by atoms with E-state index < -0.39 is 0 Å². The average Bonchev–Trinajstić information content (AvgIpc) is 1.68. The van der Waals surface area contributed by atoms with Crippen LogP contribution < -0.4 is 0 Å². The molecule has 0 amide bonds. The fraction of sp³-hybridized carbons (Fsp3) is 0.800. The van der Waals surface area contributed by atoms with Gasteiger partial charge < -0.3 is 5.11 Å². The SMILES string of the molecule is O=C(CCO)CCCl. The van der Waals surface area contributed by atoms with Crippen LogP contribution in [0.2, 0.25) is 0 Å². The molecular formula is C5H9ClO2. The third-order valence-corrected chi connectivity index (χ3v) is 0.953. The van der Waals surface area contributed by atoms with E-state index in [1.165, 1.54) is 0 Å². The minimum atomic E-state index is -0.0598. The summed E-state index contributed by atoms with van der Waals surface area (Å²) in [6.07, 6.45) is 0.620. The van der Waals surface area contributed by atoms with E-state index in [9.17, 15) is 4.79 Å². The standard InChI is InChI=1S/C5H9ClO2/c6-3-1-5(8)2-4-7/h7H,1-4H2. The molecule has 0 aliphatic rings. The van der Waals surface area contributed by atoms with E-state index in [1.807, 2.05) is 0 Å². The second-order valence-corrected chi connectivity index (χ2v) is 1.83. The number of halogens is 1. The summed E-state index contributed by atoms with van der Waals surface area (Å²) in [5, 5.41) is 8.20. The summed E-state index contributed by atoms with van der Waals surface area (Å²) < 4.78 is 0. The number of alkyl halides is 1. The number of hydrogen-bond acceptors (Lipinski definition) is 2. The lowest BCUT2D eigenvalue weighted by Crippen LogP contribution is -2.00. The smallest absolute Gasteiger partial charge is 0.136 e. The molecule has 0 atom stereocenters. The maximum Gasteiger partial charge on any atom is 0.136 e. The molecule has 0 unspecified atom stereocenters. The average molecular weight is 137 g/mol. The summed E-state index contributed by atoms with van der Waals surface area (Å²) in [6.45, 7) is -0.0598. The van der Waals surface area contributed by atoms with Gasteiger partial charge in [-0.3, -0.25) is 4.79 Å². The van der Waals surface area contributed by atoms with Crippen LogP contribution in [0.4, 0.5) is 0 Å². The number of rotatable bonds is 4. The first kappa shape index (κ1) is 7.92. The molecule has 48 valence electrons. The molecule has 0 aliphatic heterocycles. The van der Waals surface area contributed by atoms with Crippen molar-refractivity contribution in [2.45, 2.75) is 12.8 Å². The Morgan fingerprint density at radius 1 is 1.50 bits per heavy atom. The van der Waals surface area contributed by atoms with E-state index in [2.05, 4.69) is 0 Å². The molecule has 0 saturated carbocycles. The maximum absolute atomic E-state index is 10.4. The lowest BCUT2D eigenvalue weighted by molar-refractivity contribution is -0.119. The van der Waals surface area contributed by atoms with E-state index in [4.69, 9.17) is 16.7 Å². The van der Waals surface area contributed by atoms with Crippen LogP contribution in [-0.2, 0) is 4.79 Å². The minimum absolute atomic E-state index is 0.0301. The second kappa shape index (κ2) is 5.06. The molecule has 0 aliphatic carbocycles. The van der Waals surface area contributed by atoms with Crippen molar-refractivity contribution in [3.8, 4) is 0 Å². The van der Waals surface area contributed by atoms with Crippen LogP contribution in [0.25, 0.3) is 0 Å². The predicted octanol–water partition coefficient (Wildman–Crippen LogP) is 0.567. The minimum Gasteiger partial charge on any atom is -0.396 e. The Kier molecular flexibility index (Phi) is 5.01. The van der Waals surface area contributed by atoms with E-state index in [1.54, 1.807) is 0 Å². The molecule has 0 spiro atoms. The Bertz CT molecular complexity index is 64.8. The van der Waals surface area contributed by atoms with Crippen molar-refractivity contribution in [3.05, 3.63) is 0 Å². The number of hydrogen-bond donors (Lipinski definition) is 1. The third-order valence-electron chi connectivity index (χ3n) is 0.764. The zero-order valence-electron chi connectivity index (χ0n) is 4.56. The first-order chi connectivity index (χ1) is 3.81. The Morgan fingerprint density at radius 3 is 2.50 bits per heavy atom. The summed E-state index contributed by atoms with van der Waals surface area (Å²) in [6, 6.07) is 0. The van der Waals surface area contributed by atoms with Gasteiger partial charge in [0.15, 0.2) is 0 Å². The van der Waals surface area contributed by atoms with Crippen LogP contribution in [0.15, 0.2) is 0 Å². The Morgan fingerprint density at radius 2 is 2.12 bits per heavy atom. The molecule has 0 rings (SSSR count). The van der Waals surface area contributed by atoms with E-state index in [0.29, 0.717) is 12.3 Å². The van der Waals surface area contributed by atoms with Crippen molar-refractivity contribution in [2.75, 3.05) is 12.5 Å². The molecule has 3 heteroatoms. The Hall–Kier alpha value is -0.0800. The molecule has 0 radical (unpaired) electrons. The normalized spacial score (nSPS) is 9.25. The lowest BCUT2D eigenvalue weighted by atomic mass is 10.2. The number of carbonyl (C=O) groups excluding carboxylic acids is 1. The van der Waals surface area contributed by atoms with Gasteiger partial charge in [-0.15, -0.1) is 11.6 Å². The highest BCUT2D eigenvalue weighted by Gasteiger charge is 1.96. The van der Waals surface area contributed by atoms with Crippen molar-refractivity contribution < 1.29 is 9.90 Å². The molecule has 0 saturated heterocycles. The fourth-order valence-corrected chi connectivity index (χ4v) is 0.566. The van der Waals surface area contributed by atoms with Gasteiger partial charge >= 0.3 is 0 Å². The Labute approximate surface area is 53.5 Å². The summed E-state index contributed by atoms with van der Waals surface area (Å²) in [4.78, 5) is 10.4. The molecule has 0 aromatic rings. The zero-order valence-corrected chi connectivity index (χ0v) is 5.32. The molecule has 2 nitrogen and oxygen atoms in total. The van der Waals surface area contributed by atoms with Crippen molar-refractivity contribution in [1.29, 1.82) is 0 Å². The van der Waals surface area contributed by atoms with Gasteiger partial charge in [-0.05, 0) is 0 Å². The first-order valence-electron chi connectivity index (χ1n) is 2.49. The highest BCUT2D eigenvalue weighted by molar-refractivity contribution is 6.19. The van der Waals surface area contributed by atoms with Gasteiger partial charge in [0.1, 0.15) is 5.78 Å². The number of carbonyl (C=O) groups is 1. The molecule has 0 aromatic carbocycles. The van der Waals surface area contributed by atoms with Crippen molar-refractivity contribution >= 4 is 17.4 Å². The van der Waals surface area contributed by atoms with E-state index >= 15 is 0 Å². The van der Waals surface area contributed by atoms with Gasteiger partial charge in [0.05, 0.1) is 0 Å². The summed E-state index contributed by atoms with van der Waals surface area (Å²) >= 11 is 5.23. The van der Waals surface area contributed by atoms with Crippen molar-refractivity contribution in [2.24, 2.45) is 0 Å². The Balaban J connectivity index is 3.06. The fourth-order valence-electron chi connectivity index (χ4n) is 0.355. The number of aliphatic hydroxyl groups is 1. The van der Waals surface area contributed by atoms with Gasteiger partial charge in [0, 0.05) is 25.3 Å². The van der Waals surface area contributed by atoms with Crippen molar-refractivity contribution in [3.63, 3.8) is 0 Å². The summed E-state index contributed by atoms with van der Waals surface area (Å²) in [5.41, 5.74) is 0. The van der Waals surface area contributed by atoms with Crippen LogP contribution in [0.1, 0.15) is 12.8 Å². The van der Waals surface area contributed by atoms with Crippen LogP contribution in [0.3, 0.4) is 0 Å². The molecule has 1 N–H and O–H groups in total. The maximum atomic E-state index is 10.4. The third kappa shape index (κ3) is 4.09. The quantitative estimate of drug-likeness (QED) is 0.574. The van der Waals surface area contributed by atoms with Gasteiger partial charge in [-0.1, -0.05) is 0 Å². The molecule has 0 heterocycles. The van der Waals surface area contributed by atoms with Crippen LogP contribution in [0, 0.1) is 0 Å². The van der Waals surface area contributed by atoms with Crippen LogP contribution >= 0.6 is 11.6 Å². The highest BCUT2D eigenvalue weighted by Crippen LogP contribution is 1.90. The number of ketones is 1. The second-order valence-electron chi connectivity index (χ2n) is 1.45. The molecule has 0 fully saturated rings. The van der Waals surface area contributed by atoms with E-state index in [0.717, 1.165) is 0 Å². The lowest BCUT2D eigenvalue weighted by Gasteiger charge is -1.90. The molecular weight excluding hydrogens is 128 g/mol. The predicted molar refractivity (Wildman–Crippen MR) is 32.0 cm³/mol. The van der Waals surface area contributed by atoms with Gasteiger partial charge in [-0.25, -0.2) is 0 Å². The van der Waals surface area contributed by atoms with Gasteiger partial charge in [-0.2, -0.15) is 0 Å². The number of aliphatic hydroxyl groups excluding tert-OH is 1. The molecule has 8 heavy (non-hydrogen) atoms. The van der Waals surface area contributed by atoms with Crippen molar-refractivity contribution in [1.82, 2.24) is 0 Å². The van der Waals surface area contributed by atoms with E-state index in [-0.39, 0.29) is 18.8 Å². The van der Waals surface area contributed by atoms with Crippen LogP contribution in [-0.4, -0.2) is 23.4 Å². The van der Waals surface area contributed by atoms with Crippen LogP contribution in [0.5, 0.6) is 0 Å². The largest absolute Gasteiger partial charge is 0.396 e. The monoisotopic (exact) mass is 136 g/mol. The molecule has 0 aromatic heterocycles. The zero-order chi connectivity index (χ0) is 6.41. The highest BCUT2D eigenvalue weighted by atomic mass is 35.5. The first-order valence-corrected chi connectivity index (χ1v) is 3.03. The van der Waals surface area contributed by atoms with Gasteiger partial charge in [0.2, 0.25) is 0 Å².